The third-order valence-electron chi connectivity index (χ3n) is 4.50. The van der Waals surface area contributed by atoms with Gasteiger partial charge in [0.2, 0.25) is 0 Å². The molecule has 0 aliphatic heterocycles. The molecule has 0 bridgehead atoms. The molecular weight excluding hydrogens is 158 g/mol. The van der Waals surface area contributed by atoms with Crippen LogP contribution < -0.4 is 5.73 Å². The molecule has 2 fully saturated rings. The molecule has 13 heavy (non-hydrogen) atoms. The maximum absolute atomic E-state index is 6.03. The first-order chi connectivity index (χ1) is 6.12. The van der Waals surface area contributed by atoms with Crippen molar-refractivity contribution in [1.29, 1.82) is 0 Å². The Morgan fingerprint density at radius 2 is 1.69 bits per heavy atom. The molecule has 76 valence electrons. The highest BCUT2D eigenvalue weighted by Crippen LogP contribution is 2.53. The van der Waals surface area contributed by atoms with Gasteiger partial charge in [-0.15, -0.1) is 0 Å². The van der Waals surface area contributed by atoms with Crippen LogP contribution in [0.25, 0.3) is 0 Å². The van der Waals surface area contributed by atoms with Gasteiger partial charge in [-0.1, -0.05) is 46.0 Å². The maximum atomic E-state index is 6.03. The van der Waals surface area contributed by atoms with Crippen LogP contribution in [0.4, 0.5) is 0 Å². The van der Waals surface area contributed by atoms with Crippen LogP contribution in [-0.2, 0) is 0 Å². The average Bonchev–Trinajstić information content (AvgIpc) is 2.57. The Labute approximate surface area is 82.1 Å². The Morgan fingerprint density at radius 3 is 2.15 bits per heavy atom. The minimum atomic E-state index is 0.457. The van der Waals surface area contributed by atoms with Crippen LogP contribution in [0.3, 0.4) is 0 Å². The quantitative estimate of drug-likeness (QED) is 0.711. The Morgan fingerprint density at radius 1 is 1.15 bits per heavy atom. The number of nitrogens with two attached hydrogens (primary N) is 1. The molecule has 2 N–H and O–H groups in total. The van der Waals surface area contributed by atoms with E-state index in [0.717, 1.165) is 11.8 Å². The molecular formula is C12H23N. The molecule has 0 amide bonds. The van der Waals surface area contributed by atoms with Crippen molar-refractivity contribution >= 4 is 0 Å². The minimum absolute atomic E-state index is 0.457. The summed E-state index contributed by atoms with van der Waals surface area (Å²) in [5.41, 5.74) is 6.49. The fourth-order valence-electron chi connectivity index (χ4n) is 3.05. The molecule has 2 aliphatic carbocycles. The first-order valence-electron chi connectivity index (χ1n) is 5.88. The largest absolute Gasteiger partial charge is 0.327 e. The molecule has 0 aromatic heterocycles. The van der Waals surface area contributed by atoms with Gasteiger partial charge in [-0.05, 0) is 23.7 Å². The molecule has 2 atom stereocenters. The zero-order valence-corrected chi connectivity index (χ0v) is 9.05. The second kappa shape index (κ2) is 3.27. The van der Waals surface area contributed by atoms with Gasteiger partial charge >= 0.3 is 0 Å². The van der Waals surface area contributed by atoms with E-state index in [2.05, 4.69) is 13.8 Å². The lowest BCUT2D eigenvalue weighted by molar-refractivity contribution is 0.432. The highest BCUT2D eigenvalue weighted by Gasteiger charge is 2.54. The van der Waals surface area contributed by atoms with Crippen LogP contribution in [0.2, 0.25) is 0 Å². The van der Waals surface area contributed by atoms with Crippen LogP contribution in [0.5, 0.6) is 0 Å². The fourth-order valence-corrected chi connectivity index (χ4v) is 3.05. The summed E-state index contributed by atoms with van der Waals surface area (Å²) < 4.78 is 0. The van der Waals surface area contributed by atoms with Crippen molar-refractivity contribution in [3.8, 4) is 0 Å². The summed E-state index contributed by atoms with van der Waals surface area (Å²) in [6.07, 6.45) is 8.76. The van der Waals surface area contributed by atoms with E-state index in [1.165, 1.54) is 38.5 Å². The molecule has 2 rings (SSSR count). The van der Waals surface area contributed by atoms with Gasteiger partial charge in [0.1, 0.15) is 0 Å². The molecule has 0 saturated heterocycles. The second-order valence-corrected chi connectivity index (χ2v) is 5.68. The Balaban J connectivity index is 1.69. The third-order valence-corrected chi connectivity index (χ3v) is 4.50. The maximum Gasteiger partial charge on any atom is 0.0128 e. The standard InChI is InChI=1S/C12H23N/c1-12(2)10(11(12)13)8-7-9-5-3-4-6-9/h9-11H,3-8,13H2,1-2H3/t10-,11-/m0/s1. The summed E-state index contributed by atoms with van der Waals surface area (Å²) >= 11 is 0. The molecule has 0 aromatic rings. The highest BCUT2D eigenvalue weighted by atomic mass is 14.8. The number of hydrogen-bond acceptors (Lipinski definition) is 1. The third kappa shape index (κ3) is 1.76. The van der Waals surface area contributed by atoms with E-state index >= 15 is 0 Å². The van der Waals surface area contributed by atoms with Gasteiger partial charge < -0.3 is 5.73 Å². The highest BCUT2D eigenvalue weighted by molar-refractivity contribution is 5.08. The average molecular weight is 181 g/mol. The van der Waals surface area contributed by atoms with Gasteiger partial charge in [0.05, 0.1) is 0 Å². The topological polar surface area (TPSA) is 26.0 Å². The van der Waals surface area contributed by atoms with Gasteiger partial charge in [0, 0.05) is 6.04 Å². The van der Waals surface area contributed by atoms with Crippen molar-refractivity contribution in [2.75, 3.05) is 0 Å². The van der Waals surface area contributed by atoms with Crippen molar-refractivity contribution < 1.29 is 0 Å². The Bertz CT molecular complexity index is 180. The summed E-state index contributed by atoms with van der Waals surface area (Å²) in [6, 6.07) is 0.494. The Hall–Kier alpha value is -0.0400. The smallest absolute Gasteiger partial charge is 0.0128 e. The van der Waals surface area contributed by atoms with E-state index < -0.39 is 0 Å². The molecule has 1 nitrogen and oxygen atoms in total. The van der Waals surface area contributed by atoms with Crippen LogP contribution in [-0.4, -0.2) is 6.04 Å². The van der Waals surface area contributed by atoms with E-state index in [4.69, 9.17) is 5.73 Å². The van der Waals surface area contributed by atoms with Crippen molar-refractivity contribution in [1.82, 2.24) is 0 Å². The summed E-state index contributed by atoms with van der Waals surface area (Å²) in [4.78, 5) is 0. The van der Waals surface area contributed by atoms with Crippen molar-refractivity contribution in [2.45, 2.75) is 58.4 Å². The number of rotatable bonds is 3. The summed E-state index contributed by atoms with van der Waals surface area (Å²) in [7, 11) is 0. The monoisotopic (exact) mass is 181 g/mol. The summed E-state index contributed by atoms with van der Waals surface area (Å²) in [5.74, 6) is 1.87. The van der Waals surface area contributed by atoms with Crippen LogP contribution in [0.15, 0.2) is 0 Å². The molecule has 0 radical (unpaired) electrons. The van der Waals surface area contributed by atoms with Gasteiger partial charge in [0.25, 0.3) is 0 Å². The summed E-state index contributed by atoms with van der Waals surface area (Å²) in [5, 5.41) is 0. The van der Waals surface area contributed by atoms with E-state index in [9.17, 15) is 0 Å². The predicted molar refractivity (Wildman–Crippen MR) is 56.4 cm³/mol. The molecule has 0 unspecified atom stereocenters. The van der Waals surface area contributed by atoms with E-state index in [0.29, 0.717) is 11.5 Å². The minimum Gasteiger partial charge on any atom is -0.327 e. The molecule has 2 saturated carbocycles. The van der Waals surface area contributed by atoms with Crippen LogP contribution in [0, 0.1) is 17.3 Å². The van der Waals surface area contributed by atoms with E-state index in [1.54, 1.807) is 0 Å². The number of hydrogen-bond donors (Lipinski definition) is 1. The Kier molecular flexibility index (Phi) is 2.39. The molecule has 2 aliphatic rings. The fraction of sp³-hybridized carbons (Fsp3) is 1.00. The first-order valence-corrected chi connectivity index (χ1v) is 5.88. The van der Waals surface area contributed by atoms with Gasteiger partial charge in [-0.2, -0.15) is 0 Å². The SMILES string of the molecule is CC1(C)[C@@H](N)[C@@H]1CCC1CCCC1. The molecule has 1 heteroatoms. The first kappa shape index (κ1) is 9.51. The van der Waals surface area contributed by atoms with Gasteiger partial charge in [0.15, 0.2) is 0 Å². The van der Waals surface area contributed by atoms with Crippen molar-refractivity contribution in [3.05, 3.63) is 0 Å². The predicted octanol–water partition coefficient (Wildman–Crippen LogP) is 2.94. The van der Waals surface area contributed by atoms with Crippen molar-refractivity contribution in [3.63, 3.8) is 0 Å². The lowest BCUT2D eigenvalue weighted by Gasteiger charge is -2.08. The van der Waals surface area contributed by atoms with Gasteiger partial charge in [-0.25, -0.2) is 0 Å². The second-order valence-electron chi connectivity index (χ2n) is 5.68. The molecule has 0 aromatic carbocycles. The lowest BCUT2D eigenvalue weighted by atomic mass is 9.97. The van der Waals surface area contributed by atoms with E-state index in [-0.39, 0.29) is 0 Å². The van der Waals surface area contributed by atoms with E-state index in [1.807, 2.05) is 0 Å². The zero-order valence-electron chi connectivity index (χ0n) is 9.05. The summed E-state index contributed by atoms with van der Waals surface area (Å²) in [6.45, 7) is 4.63. The molecule has 0 spiro atoms. The normalized spacial score (nSPS) is 38.1. The lowest BCUT2D eigenvalue weighted by Crippen LogP contribution is -2.06. The van der Waals surface area contributed by atoms with Crippen LogP contribution >= 0.6 is 0 Å². The molecule has 0 heterocycles. The van der Waals surface area contributed by atoms with Crippen molar-refractivity contribution in [2.24, 2.45) is 23.0 Å². The van der Waals surface area contributed by atoms with Gasteiger partial charge in [-0.3, -0.25) is 0 Å². The zero-order chi connectivity index (χ0) is 9.47. The van der Waals surface area contributed by atoms with Crippen LogP contribution in [0.1, 0.15) is 52.4 Å².